The van der Waals surface area contributed by atoms with Crippen LogP contribution in [0.1, 0.15) is 48.4 Å². The normalized spacial score (nSPS) is 19.3. The molecule has 1 atom stereocenters. The second kappa shape index (κ2) is 11.3. The van der Waals surface area contributed by atoms with Gasteiger partial charge in [-0.25, -0.2) is 0 Å². The van der Waals surface area contributed by atoms with E-state index in [2.05, 4.69) is 34.5 Å². The van der Waals surface area contributed by atoms with Gasteiger partial charge < -0.3 is 10.2 Å². The monoisotopic (exact) mass is 481 g/mol. The third kappa shape index (κ3) is 6.87. The summed E-state index contributed by atoms with van der Waals surface area (Å²) in [4.78, 5) is 15.8. The van der Waals surface area contributed by atoms with Crippen LogP contribution in [0.4, 0.5) is 18.9 Å². The Morgan fingerprint density at radius 3 is 2.33 bits per heavy atom. The van der Waals surface area contributed by atoms with Gasteiger partial charge in [0.05, 0.1) is 11.6 Å². The minimum absolute atomic E-state index is 0. The van der Waals surface area contributed by atoms with E-state index in [1.165, 1.54) is 23.3 Å². The van der Waals surface area contributed by atoms with Crippen molar-refractivity contribution in [2.24, 2.45) is 0 Å². The lowest BCUT2D eigenvalue weighted by Gasteiger charge is -2.36. The van der Waals surface area contributed by atoms with Crippen LogP contribution in [0, 0.1) is 0 Å². The fourth-order valence-corrected chi connectivity index (χ4v) is 4.55. The minimum atomic E-state index is -4.30. The highest BCUT2D eigenvalue weighted by Crippen LogP contribution is 2.32. The average molecular weight is 482 g/mol. The fraction of sp³-hybridized carbons (Fsp3) is 0.480. The Morgan fingerprint density at radius 1 is 0.970 bits per heavy atom. The van der Waals surface area contributed by atoms with Crippen LogP contribution in [-0.2, 0) is 17.4 Å². The zero-order valence-corrected chi connectivity index (χ0v) is 19.4. The van der Waals surface area contributed by atoms with Gasteiger partial charge in [-0.05, 0) is 61.6 Å². The highest BCUT2D eigenvalue weighted by atomic mass is 35.5. The van der Waals surface area contributed by atoms with Gasteiger partial charge in [-0.2, -0.15) is 13.2 Å². The summed E-state index contributed by atoms with van der Waals surface area (Å²) in [6.07, 6.45) is 0.420. The van der Waals surface area contributed by atoms with E-state index in [1.54, 1.807) is 6.07 Å². The number of carbonyl (C=O) groups is 1. The molecule has 0 radical (unpaired) electrons. The van der Waals surface area contributed by atoms with E-state index in [0.29, 0.717) is 12.1 Å². The molecule has 0 bridgehead atoms. The Kier molecular flexibility index (Phi) is 8.65. The molecular weight excluding hydrogens is 451 g/mol. The third-order valence-corrected chi connectivity index (χ3v) is 6.48. The first-order valence-electron chi connectivity index (χ1n) is 11.4. The summed E-state index contributed by atoms with van der Waals surface area (Å²) in [6, 6.07) is 14.4. The molecule has 1 amide bonds. The number of alkyl halides is 3. The predicted molar refractivity (Wildman–Crippen MR) is 127 cm³/mol. The van der Waals surface area contributed by atoms with E-state index < -0.39 is 11.7 Å². The molecule has 2 fully saturated rings. The van der Waals surface area contributed by atoms with Crippen LogP contribution >= 0.6 is 12.4 Å². The molecule has 0 saturated carbocycles. The van der Waals surface area contributed by atoms with Crippen molar-refractivity contribution in [2.75, 3.05) is 37.6 Å². The number of piperazine rings is 1. The molecule has 180 valence electrons. The molecule has 2 saturated heterocycles. The maximum absolute atomic E-state index is 13.0. The number of amides is 1. The van der Waals surface area contributed by atoms with Crippen LogP contribution in [0.15, 0.2) is 48.5 Å². The molecule has 4 rings (SSSR count). The summed E-state index contributed by atoms with van der Waals surface area (Å²) in [5.41, 5.74) is 2.56. The Bertz CT molecular complexity index is 912. The summed E-state index contributed by atoms with van der Waals surface area (Å²) in [5, 5.41) is 3.00. The van der Waals surface area contributed by atoms with Gasteiger partial charge in [-0.15, -0.1) is 12.4 Å². The van der Waals surface area contributed by atoms with Crippen LogP contribution in [0.25, 0.3) is 0 Å². The summed E-state index contributed by atoms with van der Waals surface area (Å²) in [5.74, 6) is 0.134. The SMILES string of the molecule is Cl.O=C1CCC(c2ccc(CCCCN3CCN(c4cccc(C(F)(F)F)c4)CC3)cc2)N1. The van der Waals surface area contributed by atoms with Gasteiger partial charge in [0, 0.05) is 38.3 Å². The van der Waals surface area contributed by atoms with Crippen LogP contribution in [-0.4, -0.2) is 43.5 Å². The lowest BCUT2D eigenvalue weighted by molar-refractivity contribution is -0.137. The summed E-state index contributed by atoms with van der Waals surface area (Å²) in [6.45, 7) is 4.26. The highest BCUT2D eigenvalue weighted by molar-refractivity contribution is 5.85. The molecular formula is C25H31ClF3N3O. The Hall–Kier alpha value is -2.25. The molecule has 2 heterocycles. The van der Waals surface area contributed by atoms with E-state index in [0.717, 1.165) is 64.5 Å². The number of anilines is 1. The molecule has 2 aliphatic heterocycles. The van der Waals surface area contributed by atoms with Crippen LogP contribution in [0.5, 0.6) is 0 Å². The zero-order chi connectivity index (χ0) is 22.6. The van der Waals surface area contributed by atoms with Gasteiger partial charge in [0.15, 0.2) is 0 Å². The minimum Gasteiger partial charge on any atom is -0.369 e. The van der Waals surface area contributed by atoms with Crippen molar-refractivity contribution in [3.05, 3.63) is 65.2 Å². The van der Waals surface area contributed by atoms with E-state index >= 15 is 0 Å². The summed E-state index contributed by atoms with van der Waals surface area (Å²) in [7, 11) is 0. The molecule has 33 heavy (non-hydrogen) atoms. The van der Waals surface area contributed by atoms with Crippen molar-refractivity contribution in [2.45, 2.75) is 44.3 Å². The largest absolute Gasteiger partial charge is 0.416 e. The third-order valence-electron chi connectivity index (χ3n) is 6.48. The second-order valence-corrected chi connectivity index (χ2v) is 8.73. The smallest absolute Gasteiger partial charge is 0.369 e. The van der Waals surface area contributed by atoms with Crippen molar-refractivity contribution >= 4 is 24.0 Å². The van der Waals surface area contributed by atoms with Crippen LogP contribution in [0.2, 0.25) is 0 Å². The number of hydrogen-bond acceptors (Lipinski definition) is 3. The van der Waals surface area contributed by atoms with Crippen molar-refractivity contribution in [1.29, 1.82) is 0 Å². The predicted octanol–water partition coefficient (Wildman–Crippen LogP) is 5.22. The summed E-state index contributed by atoms with van der Waals surface area (Å²) >= 11 is 0. The number of carbonyl (C=O) groups excluding carboxylic acids is 1. The molecule has 0 aromatic heterocycles. The maximum atomic E-state index is 13.0. The number of aryl methyl sites for hydroxylation is 1. The number of nitrogens with one attached hydrogen (secondary N) is 1. The fourth-order valence-electron chi connectivity index (χ4n) is 4.55. The van der Waals surface area contributed by atoms with Gasteiger partial charge in [-0.1, -0.05) is 30.3 Å². The van der Waals surface area contributed by atoms with E-state index in [1.807, 2.05) is 4.90 Å². The standard InChI is InChI=1S/C25H30F3N3O.ClH/c26-25(27,28)21-5-3-6-22(18-21)31-16-14-30(15-17-31)13-2-1-4-19-7-9-20(10-8-19)23-11-12-24(32)29-23;/h3,5-10,18,23H,1-2,4,11-17H2,(H,29,32);1H. The number of halogens is 4. The molecule has 2 aliphatic rings. The summed E-state index contributed by atoms with van der Waals surface area (Å²) < 4.78 is 38.9. The first-order valence-corrected chi connectivity index (χ1v) is 11.4. The Morgan fingerprint density at radius 2 is 1.70 bits per heavy atom. The topological polar surface area (TPSA) is 35.6 Å². The number of benzene rings is 2. The lowest BCUT2D eigenvalue weighted by Crippen LogP contribution is -2.46. The zero-order valence-electron chi connectivity index (χ0n) is 18.6. The van der Waals surface area contributed by atoms with Gasteiger partial charge in [0.1, 0.15) is 0 Å². The lowest BCUT2D eigenvalue weighted by atomic mass is 10.0. The van der Waals surface area contributed by atoms with E-state index in [9.17, 15) is 18.0 Å². The van der Waals surface area contributed by atoms with Crippen molar-refractivity contribution in [3.8, 4) is 0 Å². The van der Waals surface area contributed by atoms with Crippen molar-refractivity contribution in [1.82, 2.24) is 10.2 Å². The molecule has 1 N–H and O–H groups in total. The van der Waals surface area contributed by atoms with Crippen LogP contribution in [0.3, 0.4) is 0 Å². The van der Waals surface area contributed by atoms with E-state index in [-0.39, 0.29) is 24.4 Å². The van der Waals surface area contributed by atoms with Gasteiger partial charge in [0.25, 0.3) is 0 Å². The second-order valence-electron chi connectivity index (χ2n) is 8.73. The molecule has 2 aromatic carbocycles. The Balaban J connectivity index is 0.00000306. The molecule has 8 heteroatoms. The van der Waals surface area contributed by atoms with Gasteiger partial charge in [0.2, 0.25) is 5.91 Å². The number of nitrogens with zero attached hydrogens (tertiary/aromatic N) is 2. The Labute approximate surface area is 199 Å². The number of rotatable bonds is 7. The maximum Gasteiger partial charge on any atom is 0.416 e. The van der Waals surface area contributed by atoms with Gasteiger partial charge in [-0.3, -0.25) is 9.69 Å². The molecule has 0 spiro atoms. The first kappa shape index (κ1) is 25.4. The highest BCUT2D eigenvalue weighted by Gasteiger charge is 2.31. The van der Waals surface area contributed by atoms with Crippen LogP contribution < -0.4 is 10.2 Å². The first-order chi connectivity index (χ1) is 15.4. The van der Waals surface area contributed by atoms with E-state index in [4.69, 9.17) is 0 Å². The number of unbranched alkanes of at least 4 members (excludes halogenated alkanes) is 1. The molecule has 1 unspecified atom stereocenters. The molecule has 0 aliphatic carbocycles. The average Bonchev–Trinajstić information content (AvgIpc) is 3.23. The quantitative estimate of drug-likeness (QED) is 0.550. The molecule has 2 aromatic rings. The molecule has 4 nitrogen and oxygen atoms in total. The van der Waals surface area contributed by atoms with Crippen molar-refractivity contribution in [3.63, 3.8) is 0 Å². The van der Waals surface area contributed by atoms with Gasteiger partial charge >= 0.3 is 6.18 Å². The van der Waals surface area contributed by atoms with Crippen molar-refractivity contribution < 1.29 is 18.0 Å². The number of hydrogen-bond donors (Lipinski definition) is 1.